The van der Waals surface area contributed by atoms with Gasteiger partial charge in [0.05, 0.1) is 29.8 Å². The second-order valence-electron chi connectivity index (χ2n) is 6.41. The average molecular weight is 434 g/mol. The van der Waals surface area contributed by atoms with Gasteiger partial charge < -0.3 is 10.1 Å². The van der Waals surface area contributed by atoms with Crippen LogP contribution in [0, 0.1) is 0 Å². The van der Waals surface area contributed by atoms with Crippen LogP contribution in [0.2, 0.25) is 0 Å². The summed E-state index contributed by atoms with van der Waals surface area (Å²) in [4.78, 5) is 29.6. The summed E-state index contributed by atoms with van der Waals surface area (Å²) in [5, 5.41) is 4.91. The lowest BCUT2D eigenvalue weighted by Crippen LogP contribution is -2.40. The first-order valence-electron chi connectivity index (χ1n) is 8.85. The first kappa shape index (κ1) is 19.7. The molecule has 4 rings (SSSR count). The van der Waals surface area contributed by atoms with Gasteiger partial charge in [-0.3, -0.25) is 14.2 Å². The summed E-state index contributed by atoms with van der Waals surface area (Å²) in [6.45, 7) is 1.19. The van der Waals surface area contributed by atoms with Gasteiger partial charge >= 0.3 is 0 Å². The van der Waals surface area contributed by atoms with Crippen LogP contribution in [0.5, 0.6) is 0 Å². The maximum Gasteiger partial charge on any atom is 0.262 e. The Bertz CT molecular complexity index is 1190. The lowest BCUT2D eigenvalue weighted by Gasteiger charge is -2.26. The average Bonchev–Trinajstić information content (AvgIpc) is 3.21. The van der Waals surface area contributed by atoms with Crippen molar-refractivity contribution in [1.82, 2.24) is 13.9 Å². The van der Waals surface area contributed by atoms with Gasteiger partial charge in [-0.05, 0) is 35.7 Å². The number of benzene rings is 1. The molecule has 1 aromatic carbocycles. The minimum atomic E-state index is -3.59. The van der Waals surface area contributed by atoms with E-state index in [-0.39, 0.29) is 17.0 Å². The van der Waals surface area contributed by atoms with Gasteiger partial charge in [0.1, 0.15) is 11.4 Å². The van der Waals surface area contributed by atoms with Crippen molar-refractivity contribution in [2.75, 3.05) is 31.6 Å². The minimum absolute atomic E-state index is 0.153. The highest BCUT2D eigenvalue weighted by Crippen LogP contribution is 2.19. The van der Waals surface area contributed by atoms with E-state index in [4.69, 9.17) is 4.74 Å². The molecule has 0 spiro atoms. The van der Waals surface area contributed by atoms with E-state index in [1.165, 1.54) is 50.8 Å². The molecule has 1 fully saturated rings. The van der Waals surface area contributed by atoms with E-state index >= 15 is 0 Å². The third-order valence-corrected chi connectivity index (χ3v) is 7.24. The summed E-state index contributed by atoms with van der Waals surface area (Å²) in [6.07, 6.45) is 1.35. The molecule has 2 aromatic heterocycles. The molecule has 0 saturated carbocycles. The number of amides is 1. The summed E-state index contributed by atoms with van der Waals surface area (Å²) in [6, 6.07) is 7.62. The number of thiophene rings is 1. The van der Waals surface area contributed by atoms with Gasteiger partial charge in [-0.1, -0.05) is 0 Å². The van der Waals surface area contributed by atoms with Gasteiger partial charge in [-0.2, -0.15) is 4.31 Å². The van der Waals surface area contributed by atoms with E-state index < -0.39 is 15.9 Å². The summed E-state index contributed by atoms with van der Waals surface area (Å²) >= 11 is 1.36. The zero-order valence-corrected chi connectivity index (χ0v) is 16.9. The fourth-order valence-corrected chi connectivity index (χ4v) is 5.14. The summed E-state index contributed by atoms with van der Waals surface area (Å²) in [5.41, 5.74) is 0.159. The molecule has 1 saturated heterocycles. The molecule has 1 N–H and O–H groups in total. The van der Waals surface area contributed by atoms with Crippen LogP contribution in [0.15, 0.2) is 51.7 Å². The molecule has 0 aliphatic carbocycles. The van der Waals surface area contributed by atoms with Crippen LogP contribution in [0.25, 0.3) is 10.2 Å². The number of sulfonamides is 1. The fourth-order valence-electron chi connectivity index (χ4n) is 3.01. The van der Waals surface area contributed by atoms with Crippen molar-refractivity contribution in [1.29, 1.82) is 0 Å². The molecule has 3 heterocycles. The number of rotatable bonds is 5. The van der Waals surface area contributed by atoms with Crippen molar-refractivity contribution < 1.29 is 17.9 Å². The summed E-state index contributed by atoms with van der Waals surface area (Å²) in [5.74, 6) is -0.410. The third-order valence-electron chi connectivity index (χ3n) is 4.51. The Morgan fingerprint density at radius 2 is 1.90 bits per heavy atom. The molecule has 1 aliphatic rings. The molecule has 3 aromatic rings. The first-order valence-corrected chi connectivity index (χ1v) is 11.2. The Labute approximate surface area is 170 Å². The van der Waals surface area contributed by atoms with Gasteiger partial charge in [0.15, 0.2) is 0 Å². The van der Waals surface area contributed by atoms with Gasteiger partial charge in [-0.25, -0.2) is 13.4 Å². The SMILES string of the molecule is O=C(Cn1cnc2sccc2c1=O)Nc1ccc(S(=O)(=O)N2CCOCC2)cc1. The lowest BCUT2D eigenvalue weighted by atomic mass is 10.3. The van der Waals surface area contributed by atoms with Crippen LogP contribution < -0.4 is 10.9 Å². The minimum Gasteiger partial charge on any atom is -0.379 e. The lowest BCUT2D eigenvalue weighted by molar-refractivity contribution is -0.116. The molecule has 1 amide bonds. The zero-order valence-electron chi connectivity index (χ0n) is 15.3. The van der Waals surface area contributed by atoms with E-state index in [0.29, 0.717) is 42.2 Å². The number of hydrogen-bond acceptors (Lipinski definition) is 7. The second-order valence-corrected chi connectivity index (χ2v) is 9.24. The van der Waals surface area contributed by atoms with E-state index in [1.54, 1.807) is 11.4 Å². The van der Waals surface area contributed by atoms with E-state index in [9.17, 15) is 18.0 Å². The largest absolute Gasteiger partial charge is 0.379 e. The van der Waals surface area contributed by atoms with Gasteiger partial charge in [0, 0.05) is 18.8 Å². The molecular weight excluding hydrogens is 416 g/mol. The smallest absolute Gasteiger partial charge is 0.262 e. The molecule has 1 aliphatic heterocycles. The van der Waals surface area contributed by atoms with Gasteiger partial charge in [0.2, 0.25) is 15.9 Å². The van der Waals surface area contributed by atoms with Crippen LogP contribution in [0.1, 0.15) is 0 Å². The highest BCUT2D eigenvalue weighted by Gasteiger charge is 2.26. The van der Waals surface area contributed by atoms with Crippen LogP contribution in [0.4, 0.5) is 5.69 Å². The van der Waals surface area contributed by atoms with Crippen LogP contribution in [-0.2, 0) is 26.1 Å². The number of morpholine rings is 1. The van der Waals surface area contributed by atoms with Crippen molar-refractivity contribution in [3.63, 3.8) is 0 Å². The van der Waals surface area contributed by atoms with Crippen LogP contribution >= 0.6 is 11.3 Å². The molecular formula is C18H18N4O5S2. The summed E-state index contributed by atoms with van der Waals surface area (Å²) in [7, 11) is -3.59. The Morgan fingerprint density at radius 3 is 2.62 bits per heavy atom. The molecule has 29 heavy (non-hydrogen) atoms. The number of nitrogens with zero attached hydrogens (tertiary/aromatic N) is 3. The monoisotopic (exact) mass is 434 g/mol. The van der Waals surface area contributed by atoms with Crippen molar-refractivity contribution >= 4 is 43.2 Å². The Morgan fingerprint density at radius 1 is 1.17 bits per heavy atom. The number of hydrogen-bond donors (Lipinski definition) is 1. The molecule has 152 valence electrons. The second kappa shape index (κ2) is 8.03. The van der Waals surface area contributed by atoms with Crippen molar-refractivity contribution in [2.24, 2.45) is 0 Å². The number of carbonyl (C=O) groups excluding carboxylic acids is 1. The highest BCUT2D eigenvalue weighted by molar-refractivity contribution is 7.89. The molecule has 0 atom stereocenters. The molecule has 11 heteroatoms. The quantitative estimate of drug-likeness (QED) is 0.644. The van der Waals surface area contributed by atoms with Crippen LogP contribution in [-0.4, -0.2) is 54.5 Å². The van der Waals surface area contributed by atoms with Crippen molar-refractivity contribution in [2.45, 2.75) is 11.4 Å². The third kappa shape index (κ3) is 4.08. The first-order chi connectivity index (χ1) is 13.9. The number of nitrogens with one attached hydrogen (secondary N) is 1. The van der Waals surface area contributed by atoms with Crippen molar-refractivity contribution in [3.05, 3.63) is 52.4 Å². The maximum absolute atomic E-state index is 12.6. The molecule has 0 bridgehead atoms. The number of anilines is 1. The van der Waals surface area contributed by atoms with Gasteiger partial charge in [-0.15, -0.1) is 11.3 Å². The highest BCUT2D eigenvalue weighted by atomic mass is 32.2. The molecule has 0 unspecified atom stereocenters. The maximum atomic E-state index is 12.6. The van der Waals surface area contributed by atoms with E-state index in [0.717, 1.165) is 0 Å². The van der Waals surface area contributed by atoms with E-state index in [2.05, 4.69) is 10.3 Å². The van der Waals surface area contributed by atoms with Gasteiger partial charge in [0.25, 0.3) is 5.56 Å². The molecule has 9 nitrogen and oxygen atoms in total. The van der Waals surface area contributed by atoms with Crippen molar-refractivity contribution in [3.8, 4) is 0 Å². The summed E-state index contributed by atoms with van der Waals surface area (Å²) < 4.78 is 33.1. The zero-order chi connectivity index (χ0) is 20.4. The number of ether oxygens (including phenoxy) is 1. The topological polar surface area (TPSA) is 111 Å². The number of carbonyl (C=O) groups is 1. The number of aromatic nitrogens is 2. The number of fused-ring (bicyclic) bond motifs is 1. The molecule has 0 radical (unpaired) electrons. The predicted octanol–water partition coefficient (Wildman–Crippen LogP) is 1.12. The predicted molar refractivity (Wildman–Crippen MR) is 109 cm³/mol. The normalized spacial score (nSPS) is 15.4. The fraction of sp³-hybridized carbons (Fsp3) is 0.278. The Hall–Kier alpha value is -2.60. The Balaban J connectivity index is 1.44. The van der Waals surface area contributed by atoms with E-state index in [1.807, 2.05) is 0 Å². The van der Waals surface area contributed by atoms with Crippen LogP contribution in [0.3, 0.4) is 0 Å². The Kier molecular flexibility index (Phi) is 5.46. The standard InChI is InChI=1S/C18H18N4O5S2/c23-16(11-21-12-19-17-15(18(21)24)5-10-28-17)20-13-1-3-14(4-2-13)29(25,26)22-6-8-27-9-7-22/h1-5,10,12H,6-9,11H2,(H,20,23).